The summed E-state index contributed by atoms with van der Waals surface area (Å²) < 4.78 is 1.75. The summed E-state index contributed by atoms with van der Waals surface area (Å²) in [5.41, 5.74) is 4.69. The molecule has 0 radical (unpaired) electrons. The summed E-state index contributed by atoms with van der Waals surface area (Å²) in [6.45, 7) is 5.29. The van der Waals surface area contributed by atoms with Gasteiger partial charge in [-0.1, -0.05) is 36.8 Å². The van der Waals surface area contributed by atoms with Crippen LogP contribution in [0.2, 0.25) is 0 Å². The molecule has 4 rings (SSSR count). The number of piperidine rings is 1. The van der Waals surface area contributed by atoms with Crippen LogP contribution in [0.25, 0.3) is 5.69 Å². The van der Waals surface area contributed by atoms with Crippen molar-refractivity contribution < 1.29 is 4.79 Å². The molecule has 1 aromatic heterocycles. The van der Waals surface area contributed by atoms with Crippen molar-refractivity contribution in [2.45, 2.75) is 32.7 Å². The molecule has 1 amide bonds. The number of likely N-dealkylation sites (tertiary alicyclic amines) is 1. The lowest BCUT2D eigenvalue weighted by Gasteiger charge is -2.26. The first kappa shape index (κ1) is 18.4. The molecular weight excluding hydrogens is 348 g/mol. The normalized spacial score (nSPS) is 14.8. The highest BCUT2D eigenvalue weighted by atomic mass is 16.1. The van der Waals surface area contributed by atoms with Crippen molar-refractivity contribution in [3.8, 4) is 5.69 Å². The quantitative estimate of drug-likeness (QED) is 0.719. The lowest BCUT2D eigenvalue weighted by Crippen LogP contribution is -2.29. The number of nitrogens with one attached hydrogen (secondary N) is 1. The summed E-state index contributed by atoms with van der Waals surface area (Å²) in [6, 6.07) is 16.1. The fourth-order valence-electron chi connectivity index (χ4n) is 3.72. The number of hydrogen-bond donors (Lipinski definition) is 1. The molecule has 2 aromatic carbocycles. The number of aromatic nitrogens is 2. The number of hydrogen-bond acceptors (Lipinski definition) is 3. The Hall–Kier alpha value is -2.92. The highest BCUT2D eigenvalue weighted by Gasteiger charge is 2.13. The first-order valence-corrected chi connectivity index (χ1v) is 9.92. The van der Waals surface area contributed by atoms with Crippen molar-refractivity contribution in [2.24, 2.45) is 0 Å². The second-order valence-electron chi connectivity index (χ2n) is 7.45. The third-order valence-corrected chi connectivity index (χ3v) is 5.25. The van der Waals surface area contributed by atoms with Crippen LogP contribution < -0.4 is 5.32 Å². The maximum atomic E-state index is 12.7. The smallest absolute Gasteiger partial charge is 0.258 e. The van der Waals surface area contributed by atoms with Crippen LogP contribution in [0, 0.1) is 6.92 Å². The molecule has 0 atom stereocenters. The van der Waals surface area contributed by atoms with Gasteiger partial charge in [0.25, 0.3) is 5.91 Å². The van der Waals surface area contributed by atoms with Crippen molar-refractivity contribution in [3.05, 3.63) is 77.6 Å². The lowest BCUT2D eigenvalue weighted by molar-refractivity contribution is 0.102. The first-order valence-electron chi connectivity index (χ1n) is 9.92. The van der Waals surface area contributed by atoms with E-state index in [0.29, 0.717) is 5.56 Å². The molecule has 5 heteroatoms. The Balaban J connectivity index is 1.44. The van der Waals surface area contributed by atoms with Crippen LogP contribution in [0.1, 0.15) is 40.7 Å². The zero-order valence-electron chi connectivity index (χ0n) is 16.3. The molecule has 1 aliphatic heterocycles. The van der Waals surface area contributed by atoms with Crippen LogP contribution in [0.15, 0.2) is 60.9 Å². The van der Waals surface area contributed by atoms with Crippen molar-refractivity contribution in [1.82, 2.24) is 14.7 Å². The minimum atomic E-state index is -0.144. The van der Waals surface area contributed by atoms with Gasteiger partial charge in [-0.25, -0.2) is 4.68 Å². The summed E-state index contributed by atoms with van der Waals surface area (Å²) in [7, 11) is 0. The van der Waals surface area contributed by atoms with Crippen LogP contribution in [0.5, 0.6) is 0 Å². The van der Waals surface area contributed by atoms with E-state index in [9.17, 15) is 4.79 Å². The second-order valence-corrected chi connectivity index (χ2v) is 7.45. The van der Waals surface area contributed by atoms with Crippen LogP contribution in [0.4, 0.5) is 5.69 Å². The third kappa shape index (κ3) is 4.31. The monoisotopic (exact) mass is 374 g/mol. The Kier molecular flexibility index (Phi) is 5.53. The molecule has 28 heavy (non-hydrogen) atoms. The highest BCUT2D eigenvalue weighted by molar-refractivity contribution is 6.04. The summed E-state index contributed by atoms with van der Waals surface area (Å²) in [5, 5.41) is 7.36. The standard InChI is InChI=1S/C23H26N4O/c1-18-8-3-4-11-22(18)27-17-20(15-24-27)23(28)25-21-10-7-9-19(14-21)16-26-12-5-2-6-13-26/h3-4,7-11,14-15,17H,2,5-6,12-13,16H2,1H3,(H,25,28). The predicted molar refractivity (Wildman–Crippen MR) is 112 cm³/mol. The topological polar surface area (TPSA) is 50.2 Å². The number of anilines is 1. The molecule has 2 heterocycles. The van der Waals surface area contributed by atoms with Crippen LogP contribution in [0.3, 0.4) is 0 Å². The Morgan fingerprint density at radius 2 is 1.89 bits per heavy atom. The van der Waals surface area contributed by atoms with Gasteiger partial charge in [-0.2, -0.15) is 5.10 Å². The lowest BCUT2D eigenvalue weighted by atomic mass is 10.1. The van der Waals surface area contributed by atoms with Gasteiger partial charge in [-0.05, 0) is 62.2 Å². The molecule has 0 spiro atoms. The molecular formula is C23H26N4O. The van der Waals surface area contributed by atoms with Gasteiger partial charge in [-0.3, -0.25) is 9.69 Å². The minimum Gasteiger partial charge on any atom is -0.322 e. The SMILES string of the molecule is Cc1ccccc1-n1cc(C(=O)Nc2cccc(CN3CCCCC3)c2)cn1. The number of aryl methyl sites for hydroxylation is 1. The molecule has 1 aliphatic rings. The Bertz CT molecular complexity index is 956. The molecule has 0 bridgehead atoms. The zero-order chi connectivity index (χ0) is 19.3. The molecule has 1 N–H and O–H groups in total. The Morgan fingerprint density at radius 1 is 1.07 bits per heavy atom. The molecule has 0 saturated carbocycles. The average Bonchev–Trinajstić information content (AvgIpc) is 3.20. The first-order chi connectivity index (χ1) is 13.7. The van der Waals surface area contributed by atoms with Crippen LogP contribution in [-0.4, -0.2) is 33.7 Å². The van der Waals surface area contributed by atoms with E-state index in [1.165, 1.54) is 24.8 Å². The van der Waals surface area contributed by atoms with Gasteiger partial charge in [-0.15, -0.1) is 0 Å². The number of rotatable bonds is 5. The highest BCUT2D eigenvalue weighted by Crippen LogP contribution is 2.18. The Labute approximate surface area is 166 Å². The summed E-state index contributed by atoms with van der Waals surface area (Å²) in [6.07, 6.45) is 7.28. The number of para-hydroxylation sites is 1. The molecule has 1 fully saturated rings. The van der Waals surface area contributed by atoms with E-state index in [-0.39, 0.29) is 5.91 Å². The fourth-order valence-corrected chi connectivity index (χ4v) is 3.72. The third-order valence-electron chi connectivity index (χ3n) is 5.25. The van der Waals surface area contributed by atoms with Gasteiger partial charge in [0, 0.05) is 18.4 Å². The number of carbonyl (C=O) groups is 1. The summed E-state index contributed by atoms with van der Waals surface area (Å²) >= 11 is 0. The molecule has 0 aliphatic carbocycles. The molecule has 5 nitrogen and oxygen atoms in total. The molecule has 3 aromatic rings. The van der Waals surface area contributed by atoms with Crippen molar-refractivity contribution in [1.29, 1.82) is 0 Å². The number of carbonyl (C=O) groups excluding carboxylic acids is 1. The number of benzene rings is 2. The second kappa shape index (κ2) is 8.40. The van der Waals surface area contributed by atoms with E-state index in [4.69, 9.17) is 0 Å². The van der Waals surface area contributed by atoms with E-state index in [1.807, 2.05) is 43.3 Å². The zero-order valence-corrected chi connectivity index (χ0v) is 16.3. The fraction of sp³-hybridized carbons (Fsp3) is 0.304. The van der Waals surface area contributed by atoms with Gasteiger partial charge in [0.05, 0.1) is 17.4 Å². The Morgan fingerprint density at radius 3 is 2.71 bits per heavy atom. The van der Waals surface area contributed by atoms with E-state index >= 15 is 0 Å². The largest absolute Gasteiger partial charge is 0.322 e. The van der Waals surface area contributed by atoms with E-state index < -0.39 is 0 Å². The number of nitrogens with zero attached hydrogens (tertiary/aromatic N) is 3. The van der Waals surface area contributed by atoms with Crippen molar-refractivity contribution in [2.75, 3.05) is 18.4 Å². The van der Waals surface area contributed by atoms with E-state index in [2.05, 4.69) is 27.4 Å². The van der Waals surface area contributed by atoms with E-state index in [0.717, 1.165) is 36.6 Å². The molecule has 0 unspecified atom stereocenters. The summed E-state index contributed by atoms with van der Waals surface area (Å²) in [5.74, 6) is -0.144. The minimum absolute atomic E-state index is 0.144. The van der Waals surface area contributed by atoms with Gasteiger partial charge < -0.3 is 5.32 Å². The van der Waals surface area contributed by atoms with Crippen molar-refractivity contribution in [3.63, 3.8) is 0 Å². The van der Waals surface area contributed by atoms with Gasteiger partial charge in [0.2, 0.25) is 0 Å². The van der Waals surface area contributed by atoms with Crippen molar-refractivity contribution >= 4 is 11.6 Å². The van der Waals surface area contributed by atoms with Gasteiger partial charge >= 0.3 is 0 Å². The maximum Gasteiger partial charge on any atom is 0.258 e. The van der Waals surface area contributed by atoms with Gasteiger partial charge in [0.15, 0.2) is 0 Å². The summed E-state index contributed by atoms with van der Waals surface area (Å²) in [4.78, 5) is 15.2. The van der Waals surface area contributed by atoms with E-state index in [1.54, 1.807) is 17.1 Å². The van der Waals surface area contributed by atoms with Crippen LogP contribution >= 0.6 is 0 Å². The molecule has 144 valence electrons. The predicted octanol–water partition coefficient (Wildman–Crippen LogP) is 4.42. The van der Waals surface area contributed by atoms with Crippen LogP contribution in [-0.2, 0) is 6.54 Å². The average molecular weight is 374 g/mol. The number of amides is 1. The molecule has 1 saturated heterocycles. The maximum absolute atomic E-state index is 12.7. The van der Waals surface area contributed by atoms with Gasteiger partial charge in [0.1, 0.15) is 0 Å².